The van der Waals surface area contributed by atoms with E-state index in [-0.39, 0.29) is 90.0 Å². The Balaban J connectivity index is 0.000000163. The number of benzene rings is 4. The summed E-state index contributed by atoms with van der Waals surface area (Å²) in [6, 6.07) is 21.2. The highest BCUT2D eigenvalue weighted by Gasteiger charge is 2.53. The van der Waals surface area contributed by atoms with Gasteiger partial charge in [-0.1, -0.05) is 0 Å². The second kappa shape index (κ2) is 31.1. The lowest BCUT2D eigenvalue weighted by atomic mass is 9.83. The number of rotatable bonds is 16. The molecule has 8 heterocycles. The summed E-state index contributed by atoms with van der Waals surface area (Å²) in [4.78, 5) is 204. The Morgan fingerprint density at radius 2 is 0.698 bits per heavy atom. The summed E-state index contributed by atoms with van der Waals surface area (Å²) in [5.74, 6) is -11.0. The number of anilines is 8. The number of hydrogen-bond acceptors (Lipinski definition) is 28. The molecule has 4 aliphatic heterocycles. The molecule has 40 nitrogen and oxygen atoms in total. The number of aromatic nitrogens is 4. The van der Waals surface area contributed by atoms with Crippen molar-refractivity contribution in [1.82, 2.24) is 19.9 Å². The van der Waals surface area contributed by atoms with Gasteiger partial charge in [0.25, 0.3) is 46.4 Å². The van der Waals surface area contributed by atoms with Crippen LogP contribution in [0.3, 0.4) is 0 Å². The number of nitrogens with zero attached hydrogens (tertiary/aromatic N) is 8. The molecule has 4 unspecified atom stereocenters. The van der Waals surface area contributed by atoms with E-state index >= 15 is 0 Å². The van der Waals surface area contributed by atoms with Crippen molar-refractivity contribution in [2.45, 2.75) is 36.5 Å². The minimum Gasteiger partial charge on any atom is -0.468 e. The van der Waals surface area contributed by atoms with E-state index in [1.807, 2.05) is 0 Å². The molecule has 0 radical (unpaired) electrons. The number of nitro benzene ring substituents is 4. The molecule has 0 fully saturated rings. The van der Waals surface area contributed by atoms with Crippen LogP contribution >= 0.6 is 0 Å². The summed E-state index contributed by atoms with van der Waals surface area (Å²) in [7, 11) is 4.47. The first-order chi connectivity index (χ1) is 50.4. The smallest absolute Gasteiger partial charge is 0.325 e. The third-order valence-corrected chi connectivity index (χ3v) is 16.3. The molecule has 0 aliphatic carbocycles. The van der Waals surface area contributed by atoms with Gasteiger partial charge in [0.1, 0.15) is 22.7 Å². The number of ether oxygens (including phenoxy) is 4. The fraction of sp³-hybridized carbons (Fsp3) is 0.152. The fourth-order valence-electron chi connectivity index (χ4n) is 10.8. The van der Waals surface area contributed by atoms with Gasteiger partial charge in [-0.05, 0) is 86.6 Å². The van der Waals surface area contributed by atoms with Crippen molar-refractivity contribution in [3.63, 3.8) is 0 Å². The average Bonchev–Trinajstić information content (AvgIpc) is 1.56. The third-order valence-electron chi connectivity index (χ3n) is 16.3. The summed E-state index contributed by atoms with van der Waals surface area (Å²) >= 11 is 0. The minimum absolute atomic E-state index is 0.102. The lowest BCUT2D eigenvalue weighted by molar-refractivity contribution is -0.384. The molecule has 4 aromatic carbocycles. The number of hydrogen-bond donors (Lipinski definition) is 8. The van der Waals surface area contributed by atoms with Crippen LogP contribution in [0.1, 0.15) is 89.4 Å². The Hall–Kier alpha value is -15.3. The number of carbonyl (C=O) groups is 12. The van der Waals surface area contributed by atoms with Crippen molar-refractivity contribution in [2.24, 2.45) is 0 Å². The van der Waals surface area contributed by atoms with Crippen LogP contribution < -0.4 is 42.5 Å². The SMILES string of the molecule is COC(=O)C1(C)C(=O)Nc2cc(NC(=O)c3cccnc3)c([N+](=O)[O-])cc21.COC(=O)C1(C)C(=O)Nc2cc(NC(=O)c3ccncc3)c([N+](=O)[O-])cc21.COC(=O)C1C(=O)Nc2cc(NC(=O)c3cccnc3)c([N+](=O)[O-])cc21.COC(=O)C1C(=O)Nc2cc(NC(=O)c3ccncc3)c([N+](=O)[O-])cc21. The van der Waals surface area contributed by atoms with E-state index < -0.39 is 136 Å². The zero-order valence-electron chi connectivity index (χ0n) is 55.4. The van der Waals surface area contributed by atoms with E-state index in [4.69, 9.17) is 0 Å². The molecule has 8 N–H and O–H groups in total. The maximum Gasteiger partial charge on any atom is 0.325 e. The number of fused-ring (bicyclic) bond motifs is 4. The molecule has 8 aromatic rings. The van der Waals surface area contributed by atoms with Gasteiger partial charge in [0.2, 0.25) is 23.6 Å². The van der Waals surface area contributed by atoms with Crippen molar-refractivity contribution in [3.8, 4) is 0 Å². The third kappa shape index (κ3) is 15.1. The fourth-order valence-corrected chi connectivity index (χ4v) is 10.8. The Morgan fingerprint density at radius 3 is 0.981 bits per heavy atom. The largest absolute Gasteiger partial charge is 0.468 e. The van der Waals surface area contributed by atoms with E-state index in [0.29, 0.717) is 0 Å². The van der Waals surface area contributed by atoms with Crippen LogP contribution in [0.4, 0.5) is 68.2 Å². The second-order valence-corrected chi connectivity index (χ2v) is 22.6. The summed E-state index contributed by atoms with van der Waals surface area (Å²) in [5.41, 5.74) is -3.61. The van der Waals surface area contributed by atoms with Crippen molar-refractivity contribution in [3.05, 3.63) is 232 Å². The molecular weight excluding hydrogens is 1400 g/mol. The Labute approximate surface area is 592 Å². The van der Waals surface area contributed by atoms with Gasteiger partial charge < -0.3 is 61.5 Å². The first kappa shape index (κ1) is 74.9. The van der Waals surface area contributed by atoms with Gasteiger partial charge in [-0.25, -0.2) is 0 Å². The number of nitro groups is 4. The number of methoxy groups -OCH3 is 4. The molecule has 40 heteroatoms. The normalized spacial score (nSPS) is 16.3. The van der Waals surface area contributed by atoms with Crippen LogP contribution in [0.25, 0.3) is 0 Å². The highest BCUT2D eigenvalue weighted by atomic mass is 16.6. The molecule has 106 heavy (non-hydrogen) atoms. The van der Waals surface area contributed by atoms with E-state index in [1.165, 1.54) is 124 Å². The second-order valence-electron chi connectivity index (χ2n) is 22.6. The Morgan fingerprint density at radius 1 is 0.396 bits per heavy atom. The van der Waals surface area contributed by atoms with Gasteiger partial charge in [-0.2, -0.15) is 0 Å². The number of esters is 4. The van der Waals surface area contributed by atoms with E-state index in [1.54, 1.807) is 12.1 Å². The van der Waals surface area contributed by atoms with Gasteiger partial charge >= 0.3 is 23.9 Å². The predicted molar refractivity (Wildman–Crippen MR) is 364 cm³/mol. The zero-order valence-corrected chi connectivity index (χ0v) is 55.4. The summed E-state index contributed by atoms with van der Waals surface area (Å²) in [5, 5.41) is 65.4. The molecule has 12 rings (SSSR count). The number of pyridine rings is 4. The molecule has 0 saturated carbocycles. The molecule has 540 valence electrons. The number of amides is 8. The lowest BCUT2D eigenvalue weighted by Gasteiger charge is -2.18. The molecule has 8 amide bonds. The monoisotopic (exact) mass is 1450 g/mol. The van der Waals surface area contributed by atoms with Gasteiger partial charge in [-0.15, -0.1) is 0 Å². The van der Waals surface area contributed by atoms with Crippen molar-refractivity contribution in [1.29, 1.82) is 0 Å². The van der Waals surface area contributed by atoms with Crippen molar-refractivity contribution < 1.29 is 96.2 Å². The highest BCUT2D eigenvalue weighted by Crippen LogP contribution is 2.47. The van der Waals surface area contributed by atoms with E-state index in [0.717, 1.165) is 52.7 Å². The van der Waals surface area contributed by atoms with Crippen LogP contribution in [-0.4, -0.2) is 139 Å². The lowest BCUT2D eigenvalue weighted by Crippen LogP contribution is -2.40. The van der Waals surface area contributed by atoms with Crippen LogP contribution in [0.15, 0.2) is 147 Å². The van der Waals surface area contributed by atoms with E-state index in [2.05, 4.69) is 81.4 Å². The minimum atomic E-state index is -1.72. The van der Waals surface area contributed by atoms with Crippen LogP contribution in [0, 0.1) is 40.5 Å². The van der Waals surface area contributed by atoms with Crippen LogP contribution in [0.5, 0.6) is 0 Å². The van der Waals surface area contributed by atoms with Crippen molar-refractivity contribution in [2.75, 3.05) is 71.0 Å². The first-order valence-electron chi connectivity index (χ1n) is 30.1. The van der Waals surface area contributed by atoms with Gasteiger partial charge in [0, 0.05) is 130 Å². The summed E-state index contributed by atoms with van der Waals surface area (Å²) in [6.45, 7) is 2.64. The van der Waals surface area contributed by atoms with Gasteiger partial charge in [0.15, 0.2) is 22.7 Å². The summed E-state index contributed by atoms with van der Waals surface area (Å²) in [6.07, 6.45) is 11.2. The van der Waals surface area contributed by atoms with Crippen LogP contribution in [0.2, 0.25) is 0 Å². The topological polar surface area (TPSA) is 562 Å². The molecule has 4 aliphatic rings. The maximum atomic E-state index is 12.3. The zero-order chi connectivity index (χ0) is 77.2. The molecule has 4 atom stereocenters. The van der Waals surface area contributed by atoms with Crippen molar-refractivity contribution >= 4 is 139 Å². The number of carbonyl (C=O) groups excluding carboxylic acids is 12. The molecule has 4 aromatic heterocycles. The summed E-state index contributed by atoms with van der Waals surface area (Å²) < 4.78 is 18.5. The first-order valence-corrected chi connectivity index (χ1v) is 30.1. The quantitative estimate of drug-likeness (QED) is 0.0177. The van der Waals surface area contributed by atoms with Gasteiger partial charge in [-0.3, -0.25) is 118 Å². The molecule has 0 saturated heterocycles. The maximum absolute atomic E-state index is 12.3. The highest BCUT2D eigenvalue weighted by molar-refractivity contribution is 6.22. The Kier molecular flexibility index (Phi) is 22.0. The predicted octanol–water partition coefficient (Wildman–Crippen LogP) is 6.15. The average molecular weight is 1450 g/mol. The van der Waals surface area contributed by atoms with E-state index in [9.17, 15) is 98.0 Å². The molecule has 0 spiro atoms. The molecular formula is C66H52N16O24. The molecule has 0 bridgehead atoms. The Bertz CT molecular complexity index is 4740. The standard InChI is InChI=1S/2C17H14N4O6.2C16H12N4O6/c1-17(16(24)27-2)10-7-13(21(25)26)12(8-11(10)20-15(17)23)19-14(22)9-3-5-18-6-4-9;1-17(16(24)27-2)10-6-13(21(25)26)12(7-11(10)20-15(17)23)19-14(22)9-4-3-5-18-8-9;1-26-16(23)13-9-6-12(20(24)25)11(7-10(9)18-15(13)22)19-14(21)8-2-4-17-5-3-8;1-26-16(23)13-9-5-12(20(24)25)11(6-10(9)18-15(13)22)19-14(21)8-3-2-4-17-7-8/h2*3-8H,1-2H3,(H,19,22)(H,20,23);2*2-7,13H,1H3,(H,18,22)(H,19,21). The van der Waals surface area contributed by atoms with Gasteiger partial charge in [0.05, 0.1) is 59.3 Å². The number of nitrogens with one attached hydrogen (secondary N) is 8. The van der Waals surface area contributed by atoms with Crippen LogP contribution in [-0.2, 0) is 68.1 Å².